The second kappa shape index (κ2) is 6.18. The Labute approximate surface area is 135 Å². The van der Waals surface area contributed by atoms with Crippen LogP contribution < -0.4 is 10.4 Å². The fourth-order valence-corrected chi connectivity index (χ4v) is 2.33. The SMILES string of the molecule is COc1ccc2c(COC(=O)c3cc(Cl)c[nH]3)cc(=O)oc2c1. The van der Waals surface area contributed by atoms with Gasteiger partial charge >= 0.3 is 11.6 Å². The van der Waals surface area contributed by atoms with E-state index in [0.717, 1.165) is 0 Å². The van der Waals surface area contributed by atoms with Gasteiger partial charge in [-0.3, -0.25) is 0 Å². The molecule has 0 aliphatic carbocycles. The van der Waals surface area contributed by atoms with Crippen molar-refractivity contribution in [1.82, 2.24) is 4.98 Å². The van der Waals surface area contributed by atoms with Gasteiger partial charge in [-0.2, -0.15) is 0 Å². The molecule has 0 radical (unpaired) electrons. The van der Waals surface area contributed by atoms with Crippen LogP contribution in [0.3, 0.4) is 0 Å². The summed E-state index contributed by atoms with van der Waals surface area (Å²) in [5.74, 6) is 0.00243. The van der Waals surface area contributed by atoms with Crippen LogP contribution in [0.4, 0.5) is 0 Å². The molecule has 0 atom stereocenters. The largest absolute Gasteiger partial charge is 0.497 e. The third kappa shape index (κ3) is 3.22. The Balaban J connectivity index is 1.87. The number of nitrogens with one attached hydrogen (secondary N) is 1. The van der Waals surface area contributed by atoms with Crippen molar-refractivity contribution in [2.45, 2.75) is 6.61 Å². The number of benzene rings is 1. The molecule has 0 spiro atoms. The molecule has 1 N–H and O–H groups in total. The Kier molecular flexibility index (Phi) is 4.08. The lowest BCUT2D eigenvalue weighted by molar-refractivity contribution is 0.0467. The number of H-pyrrole nitrogens is 1. The van der Waals surface area contributed by atoms with Crippen LogP contribution >= 0.6 is 11.6 Å². The number of esters is 1. The number of fused-ring (bicyclic) bond motifs is 1. The molecule has 7 heteroatoms. The summed E-state index contributed by atoms with van der Waals surface area (Å²) in [5.41, 5.74) is 0.624. The van der Waals surface area contributed by atoms with E-state index in [9.17, 15) is 9.59 Å². The molecule has 0 aliphatic rings. The van der Waals surface area contributed by atoms with Gasteiger partial charge in [-0.1, -0.05) is 11.6 Å². The minimum atomic E-state index is -0.563. The van der Waals surface area contributed by atoms with E-state index >= 15 is 0 Å². The predicted molar refractivity (Wildman–Crippen MR) is 84.0 cm³/mol. The molecular formula is C16H12ClNO5. The van der Waals surface area contributed by atoms with Crippen LogP contribution in [0, 0.1) is 0 Å². The number of carbonyl (C=O) groups excluding carboxylic acids is 1. The summed E-state index contributed by atoms with van der Waals surface area (Å²) in [7, 11) is 1.52. The zero-order valence-corrected chi connectivity index (χ0v) is 12.8. The molecule has 6 nitrogen and oxygen atoms in total. The number of aromatic nitrogens is 1. The van der Waals surface area contributed by atoms with Crippen molar-refractivity contribution in [3.05, 3.63) is 63.2 Å². The number of hydrogen-bond donors (Lipinski definition) is 1. The van der Waals surface area contributed by atoms with Gasteiger partial charge in [-0.05, 0) is 18.2 Å². The topological polar surface area (TPSA) is 81.5 Å². The summed E-state index contributed by atoms with van der Waals surface area (Å²) in [5, 5.41) is 1.08. The van der Waals surface area contributed by atoms with Crippen molar-refractivity contribution in [3.63, 3.8) is 0 Å². The summed E-state index contributed by atoms with van der Waals surface area (Å²) in [6.45, 7) is -0.0656. The second-order valence-corrected chi connectivity index (χ2v) is 5.20. The Bertz CT molecular complexity index is 928. The maximum absolute atomic E-state index is 11.9. The second-order valence-electron chi connectivity index (χ2n) is 4.76. The first-order chi connectivity index (χ1) is 11.1. The predicted octanol–water partition coefficient (Wildman–Crippen LogP) is 3.14. The molecule has 23 heavy (non-hydrogen) atoms. The average Bonchev–Trinajstić information content (AvgIpc) is 2.98. The van der Waals surface area contributed by atoms with E-state index < -0.39 is 11.6 Å². The Morgan fingerprint density at radius 3 is 2.83 bits per heavy atom. The van der Waals surface area contributed by atoms with Gasteiger partial charge in [0.1, 0.15) is 23.6 Å². The summed E-state index contributed by atoms with van der Waals surface area (Å²) >= 11 is 5.74. The highest BCUT2D eigenvalue weighted by Gasteiger charge is 2.12. The van der Waals surface area contributed by atoms with Gasteiger partial charge in [0.2, 0.25) is 0 Å². The zero-order chi connectivity index (χ0) is 16.4. The van der Waals surface area contributed by atoms with Crippen molar-refractivity contribution < 1.29 is 18.7 Å². The van der Waals surface area contributed by atoms with E-state index in [0.29, 0.717) is 27.3 Å². The Morgan fingerprint density at radius 2 is 2.13 bits per heavy atom. The van der Waals surface area contributed by atoms with Gasteiger partial charge in [-0.25, -0.2) is 9.59 Å². The molecule has 0 saturated carbocycles. The van der Waals surface area contributed by atoms with Gasteiger partial charge in [0.15, 0.2) is 0 Å². The third-order valence-electron chi connectivity index (χ3n) is 3.26. The molecule has 3 aromatic rings. The van der Waals surface area contributed by atoms with Crippen molar-refractivity contribution in [2.24, 2.45) is 0 Å². The van der Waals surface area contributed by atoms with Crippen LogP contribution in [-0.2, 0) is 11.3 Å². The van der Waals surface area contributed by atoms with Crippen LogP contribution in [0.1, 0.15) is 16.1 Å². The Hall–Kier alpha value is -2.73. The molecule has 3 rings (SSSR count). The highest BCUT2D eigenvalue weighted by Crippen LogP contribution is 2.23. The molecule has 0 fully saturated rings. The van der Waals surface area contributed by atoms with E-state index in [-0.39, 0.29) is 12.3 Å². The van der Waals surface area contributed by atoms with E-state index in [4.69, 9.17) is 25.5 Å². The zero-order valence-electron chi connectivity index (χ0n) is 12.1. The minimum Gasteiger partial charge on any atom is -0.497 e. The van der Waals surface area contributed by atoms with Crippen LogP contribution in [-0.4, -0.2) is 18.1 Å². The van der Waals surface area contributed by atoms with E-state index in [1.54, 1.807) is 18.2 Å². The third-order valence-corrected chi connectivity index (χ3v) is 3.48. The fraction of sp³-hybridized carbons (Fsp3) is 0.125. The summed E-state index contributed by atoms with van der Waals surface area (Å²) < 4.78 is 15.4. The number of hydrogen-bond acceptors (Lipinski definition) is 5. The van der Waals surface area contributed by atoms with Crippen LogP contribution in [0.5, 0.6) is 5.75 Å². The molecule has 0 unspecified atom stereocenters. The lowest BCUT2D eigenvalue weighted by Gasteiger charge is -2.07. The number of ether oxygens (including phenoxy) is 2. The quantitative estimate of drug-likeness (QED) is 0.586. The normalized spacial score (nSPS) is 10.7. The highest BCUT2D eigenvalue weighted by atomic mass is 35.5. The lowest BCUT2D eigenvalue weighted by Crippen LogP contribution is -2.08. The van der Waals surface area contributed by atoms with Gasteiger partial charge < -0.3 is 18.9 Å². The molecule has 1 aromatic carbocycles. The first-order valence-corrected chi connectivity index (χ1v) is 7.06. The van der Waals surface area contributed by atoms with Gasteiger partial charge in [0.05, 0.1) is 12.1 Å². The molecule has 0 amide bonds. The van der Waals surface area contributed by atoms with E-state index in [1.165, 1.54) is 25.4 Å². The number of aromatic amines is 1. The summed E-state index contributed by atoms with van der Waals surface area (Å²) in [4.78, 5) is 26.3. The number of halogens is 1. The van der Waals surface area contributed by atoms with Crippen LogP contribution in [0.15, 0.2) is 45.7 Å². The van der Waals surface area contributed by atoms with Gasteiger partial charge in [0.25, 0.3) is 0 Å². The van der Waals surface area contributed by atoms with Gasteiger partial charge in [0, 0.05) is 29.3 Å². The highest BCUT2D eigenvalue weighted by molar-refractivity contribution is 6.30. The maximum Gasteiger partial charge on any atom is 0.355 e. The van der Waals surface area contributed by atoms with Crippen molar-refractivity contribution >= 4 is 28.5 Å². The minimum absolute atomic E-state index is 0.0656. The van der Waals surface area contributed by atoms with Crippen molar-refractivity contribution in [3.8, 4) is 5.75 Å². The fourth-order valence-electron chi connectivity index (χ4n) is 2.16. The number of methoxy groups -OCH3 is 1. The molecule has 0 saturated heterocycles. The van der Waals surface area contributed by atoms with Crippen LogP contribution in [0.25, 0.3) is 11.0 Å². The molecule has 0 aliphatic heterocycles. The lowest BCUT2D eigenvalue weighted by atomic mass is 10.1. The standard InChI is InChI=1S/C16H12ClNO5/c1-21-11-2-3-12-9(4-15(19)23-14(12)6-11)8-22-16(20)13-5-10(17)7-18-13/h2-7,18H,8H2,1H3. The Morgan fingerprint density at radius 1 is 1.30 bits per heavy atom. The monoisotopic (exact) mass is 333 g/mol. The van der Waals surface area contributed by atoms with Crippen LogP contribution in [0.2, 0.25) is 5.02 Å². The molecule has 0 bridgehead atoms. The summed E-state index contributed by atoms with van der Waals surface area (Å²) in [6, 6.07) is 7.84. The number of carbonyl (C=O) groups is 1. The number of rotatable bonds is 4. The van der Waals surface area contributed by atoms with E-state index in [2.05, 4.69) is 4.98 Å². The van der Waals surface area contributed by atoms with Crippen molar-refractivity contribution in [1.29, 1.82) is 0 Å². The molecule has 118 valence electrons. The molecule has 2 heterocycles. The van der Waals surface area contributed by atoms with E-state index in [1.807, 2.05) is 0 Å². The smallest absolute Gasteiger partial charge is 0.355 e. The van der Waals surface area contributed by atoms with Crippen molar-refractivity contribution in [2.75, 3.05) is 7.11 Å². The average molecular weight is 334 g/mol. The maximum atomic E-state index is 11.9. The summed E-state index contributed by atoms with van der Waals surface area (Å²) in [6.07, 6.45) is 1.48. The molecular weight excluding hydrogens is 322 g/mol. The van der Waals surface area contributed by atoms with Gasteiger partial charge in [-0.15, -0.1) is 0 Å². The first kappa shape index (κ1) is 15.2. The molecule has 2 aromatic heterocycles. The first-order valence-electron chi connectivity index (χ1n) is 6.68.